The Hall–Kier alpha value is -2.95. The summed E-state index contributed by atoms with van der Waals surface area (Å²) in [6, 6.07) is 15.1. The molecule has 0 spiro atoms. The summed E-state index contributed by atoms with van der Waals surface area (Å²) in [6.45, 7) is 0. The summed E-state index contributed by atoms with van der Waals surface area (Å²) in [4.78, 5) is 14.2. The number of phenolic OH excluding ortho intramolecular Hbond substituents is 1. The van der Waals surface area contributed by atoms with Gasteiger partial charge in [0.2, 0.25) is 0 Å². The van der Waals surface area contributed by atoms with E-state index in [9.17, 15) is 5.11 Å². The predicted octanol–water partition coefficient (Wildman–Crippen LogP) is 4.97. The molecule has 4 rings (SSSR count). The van der Waals surface area contributed by atoms with E-state index in [1.54, 1.807) is 25.3 Å². The van der Waals surface area contributed by atoms with Crippen molar-refractivity contribution in [3.8, 4) is 34.3 Å². The van der Waals surface area contributed by atoms with Crippen molar-refractivity contribution in [2.75, 3.05) is 7.11 Å². The fourth-order valence-corrected chi connectivity index (χ4v) is 3.60. The van der Waals surface area contributed by atoms with Crippen molar-refractivity contribution in [3.63, 3.8) is 0 Å². The molecule has 1 aromatic heterocycles. The minimum absolute atomic E-state index is 0.106. The second-order valence-corrected chi connectivity index (χ2v) is 6.92. The van der Waals surface area contributed by atoms with Gasteiger partial charge in [-0.25, -0.2) is 15.0 Å². The first kappa shape index (κ1) is 17.5. The van der Waals surface area contributed by atoms with E-state index in [0.717, 1.165) is 24.2 Å². The SMILES string of the molecule is COc1ccc(-c2nc(-c3ccccc3)nc(C3CCCCC3)n2)c(O)c1. The summed E-state index contributed by atoms with van der Waals surface area (Å²) in [5, 5.41) is 10.5. The maximum atomic E-state index is 10.5. The van der Waals surface area contributed by atoms with E-state index in [-0.39, 0.29) is 5.75 Å². The molecule has 5 heteroatoms. The molecule has 0 saturated heterocycles. The molecule has 5 nitrogen and oxygen atoms in total. The molecule has 3 aromatic rings. The van der Waals surface area contributed by atoms with Crippen molar-refractivity contribution in [3.05, 3.63) is 54.4 Å². The van der Waals surface area contributed by atoms with Crippen LogP contribution in [0.3, 0.4) is 0 Å². The van der Waals surface area contributed by atoms with Gasteiger partial charge in [0.05, 0.1) is 12.7 Å². The lowest BCUT2D eigenvalue weighted by Gasteiger charge is -2.21. The lowest BCUT2D eigenvalue weighted by atomic mass is 9.88. The van der Waals surface area contributed by atoms with Crippen molar-refractivity contribution in [2.45, 2.75) is 38.0 Å². The van der Waals surface area contributed by atoms with Crippen LogP contribution < -0.4 is 4.74 Å². The highest BCUT2D eigenvalue weighted by molar-refractivity contribution is 5.67. The molecule has 0 bridgehead atoms. The van der Waals surface area contributed by atoms with Crippen LogP contribution in [0.15, 0.2) is 48.5 Å². The third kappa shape index (κ3) is 3.77. The highest BCUT2D eigenvalue weighted by atomic mass is 16.5. The van der Waals surface area contributed by atoms with E-state index in [1.807, 2.05) is 30.3 Å². The van der Waals surface area contributed by atoms with Crippen LogP contribution in [0.5, 0.6) is 11.5 Å². The number of aromatic nitrogens is 3. The number of methoxy groups -OCH3 is 1. The van der Waals surface area contributed by atoms with Gasteiger partial charge in [-0.1, -0.05) is 49.6 Å². The second kappa shape index (κ2) is 7.74. The number of ether oxygens (including phenoxy) is 1. The maximum Gasteiger partial charge on any atom is 0.167 e. The Balaban J connectivity index is 1.83. The van der Waals surface area contributed by atoms with Crippen LogP contribution in [0.1, 0.15) is 43.8 Å². The van der Waals surface area contributed by atoms with E-state index in [2.05, 4.69) is 4.98 Å². The first-order valence-corrected chi connectivity index (χ1v) is 9.43. The summed E-state index contributed by atoms with van der Waals surface area (Å²) < 4.78 is 5.18. The number of hydrogen-bond donors (Lipinski definition) is 1. The number of nitrogens with zero attached hydrogens (tertiary/aromatic N) is 3. The predicted molar refractivity (Wildman–Crippen MR) is 105 cm³/mol. The van der Waals surface area contributed by atoms with Crippen LogP contribution >= 0.6 is 0 Å². The van der Waals surface area contributed by atoms with Gasteiger partial charge in [-0.2, -0.15) is 0 Å². The number of phenols is 1. The summed E-state index contributed by atoms with van der Waals surface area (Å²) in [7, 11) is 1.58. The van der Waals surface area contributed by atoms with Gasteiger partial charge in [-0.15, -0.1) is 0 Å². The van der Waals surface area contributed by atoms with Gasteiger partial charge in [0, 0.05) is 17.5 Å². The van der Waals surface area contributed by atoms with Gasteiger partial charge in [0.15, 0.2) is 11.6 Å². The summed E-state index contributed by atoms with van der Waals surface area (Å²) in [6.07, 6.45) is 5.90. The third-order valence-corrected chi connectivity index (χ3v) is 5.10. The Morgan fingerprint density at radius 3 is 2.33 bits per heavy atom. The second-order valence-electron chi connectivity index (χ2n) is 6.92. The number of hydrogen-bond acceptors (Lipinski definition) is 5. The van der Waals surface area contributed by atoms with E-state index >= 15 is 0 Å². The fourth-order valence-electron chi connectivity index (χ4n) is 3.60. The zero-order valence-corrected chi connectivity index (χ0v) is 15.4. The zero-order chi connectivity index (χ0) is 18.6. The maximum absolute atomic E-state index is 10.5. The van der Waals surface area contributed by atoms with Gasteiger partial charge in [0.1, 0.15) is 17.3 Å². The van der Waals surface area contributed by atoms with Crippen molar-refractivity contribution in [1.82, 2.24) is 15.0 Å². The highest BCUT2D eigenvalue weighted by Crippen LogP contribution is 2.35. The first-order chi connectivity index (χ1) is 13.2. The van der Waals surface area contributed by atoms with Crippen molar-refractivity contribution >= 4 is 0 Å². The molecule has 1 aliphatic carbocycles. The Bertz CT molecular complexity index is 922. The molecule has 0 radical (unpaired) electrons. The quantitative estimate of drug-likeness (QED) is 0.711. The van der Waals surface area contributed by atoms with Crippen LogP contribution in [0.4, 0.5) is 0 Å². The topological polar surface area (TPSA) is 68.1 Å². The molecule has 138 valence electrons. The average Bonchev–Trinajstić information content (AvgIpc) is 2.74. The van der Waals surface area contributed by atoms with Crippen LogP contribution in [0.25, 0.3) is 22.8 Å². The number of rotatable bonds is 4. The van der Waals surface area contributed by atoms with Gasteiger partial charge < -0.3 is 9.84 Å². The van der Waals surface area contributed by atoms with Crippen LogP contribution in [-0.4, -0.2) is 27.2 Å². The first-order valence-electron chi connectivity index (χ1n) is 9.43. The molecule has 1 saturated carbocycles. The molecule has 27 heavy (non-hydrogen) atoms. The average molecular weight is 361 g/mol. The minimum Gasteiger partial charge on any atom is -0.507 e. The molecule has 1 N–H and O–H groups in total. The minimum atomic E-state index is 0.106. The third-order valence-electron chi connectivity index (χ3n) is 5.10. The molecular weight excluding hydrogens is 338 g/mol. The van der Waals surface area contributed by atoms with Gasteiger partial charge in [-0.3, -0.25) is 0 Å². The van der Waals surface area contributed by atoms with Gasteiger partial charge in [-0.05, 0) is 25.0 Å². The smallest absolute Gasteiger partial charge is 0.167 e. The van der Waals surface area contributed by atoms with Gasteiger partial charge >= 0.3 is 0 Å². The molecule has 1 fully saturated rings. The van der Waals surface area contributed by atoms with E-state index in [0.29, 0.717) is 28.9 Å². The zero-order valence-electron chi connectivity index (χ0n) is 15.4. The summed E-state index contributed by atoms with van der Waals surface area (Å²) in [5.74, 6) is 3.04. The molecule has 0 amide bonds. The summed E-state index contributed by atoms with van der Waals surface area (Å²) in [5.41, 5.74) is 1.54. The van der Waals surface area contributed by atoms with Crippen molar-refractivity contribution in [2.24, 2.45) is 0 Å². The Labute approximate surface area is 159 Å². The van der Waals surface area contributed by atoms with Crippen LogP contribution in [0.2, 0.25) is 0 Å². The standard InChI is InChI=1S/C22H23N3O2/c1-27-17-12-13-18(19(26)14-17)22-24-20(15-8-4-2-5-9-15)23-21(25-22)16-10-6-3-7-11-16/h2,4-5,8-9,12-14,16,26H,3,6-7,10-11H2,1H3. The molecular formula is C22H23N3O2. The molecule has 0 atom stereocenters. The number of aromatic hydroxyl groups is 1. The lowest BCUT2D eigenvalue weighted by Crippen LogP contribution is -2.11. The Morgan fingerprint density at radius 2 is 1.63 bits per heavy atom. The van der Waals surface area contributed by atoms with Crippen molar-refractivity contribution < 1.29 is 9.84 Å². The van der Waals surface area contributed by atoms with E-state index < -0.39 is 0 Å². The highest BCUT2D eigenvalue weighted by Gasteiger charge is 2.21. The van der Waals surface area contributed by atoms with E-state index in [1.165, 1.54) is 19.3 Å². The monoisotopic (exact) mass is 361 g/mol. The largest absolute Gasteiger partial charge is 0.507 e. The normalized spacial score (nSPS) is 14.9. The van der Waals surface area contributed by atoms with Gasteiger partial charge in [0.25, 0.3) is 0 Å². The van der Waals surface area contributed by atoms with Crippen molar-refractivity contribution in [1.29, 1.82) is 0 Å². The van der Waals surface area contributed by atoms with Crippen LogP contribution in [-0.2, 0) is 0 Å². The lowest BCUT2D eigenvalue weighted by molar-refractivity contribution is 0.408. The molecule has 2 aromatic carbocycles. The van der Waals surface area contributed by atoms with Crippen LogP contribution in [0, 0.1) is 0 Å². The molecule has 1 aliphatic rings. The Kier molecular flexibility index (Phi) is 5.01. The number of benzene rings is 2. The molecule has 0 aliphatic heterocycles. The molecule has 0 unspecified atom stereocenters. The Morgan fingerprint density at radius 1 is 0.889 bits per heavy atom. The molecule has 1 heterocycles. The summed E-state index contributed by atoms with van der Waals surface area (Å²) >= 11 is 0. The van der Waals surface area contributed by atoms with E-state index in [4.69, 9.17) is 14.7 Å². The fraction of sp³-hybridized carbons (Fsp3) is 0.318.